The van der Waals surface area contributed by atoms with Crippen molar-refractivity contribution in [3.8, 4) is 0 Å². The molecule has 26 heavy (non-hydrogen) atoms. The van der Waals surface area contributed by atoms with E-state index in [4.69, 9.17) is 53.8 Å². The van der Waals surface area contributed by atoms with E-state index in [-0.39, 0.29) is 17.4 Å². The molecule has 2 fully saturated rings. The highest BCUT2D eigenvalue weighted by atomic mass is 35.5. The molecule has 0 amide bonds. The minimum atomic E-state index is -0.795. The molecule has 0 N–H and O–H groups in total. The predicted molar refractivity (Wildman–Crippen MR) is 98.7 cm³/mol. The molecule has 2 heterocycles. The quantitative estimate of drug-likeness (QED) is 0.616. The molecule has 5 nitrogen and oxygen atoms in total. The summed E-state index contributed by atoms with van der Waals surface area (Å²) in [5, 5.41) is 0.972. The average molecular weight is 424 g/mol. The van der Waals surface area contributed by atoms with Gasteiger partial charge in [0.05, 0.1) is 21.7 Å². The lowest BCUT2D eigenvalue weighted by Crippen LogP contribution is -2.40. The Morgan fingerprint density at radius 2 is 1.92 bits per heavy atom. The molecule has 1 aromatic carbocycles. The van der Waals surface area contributed by atoms with Crippen LogP contribution in [0, 0.1) is 0 Å². The number of carbonyl (C=O) groups excluding carboxylic acids is 1. The van der Waals surface area contributed by atoms with Crippen molar-refractivity contribution in [1.82, 2.24) is 0 Å². The number of ether oxygens (including phenoxy) is 4. The van der Waals surface area contributed by atoms with Gasteiger partial charge in [0.15, 0.2) is 17.9 Å². The third kappa shape index (κ3) is 4.04. The summed E-state index contributed by atoms with van der Waals surface area (Å²) >= 11 is 18.3. The second kappa shape index (κ2) is 7.92. The summed E-state index contributed by atoms with van der Waals surface area (Å²) in [7, 11) is 0. The lowest BCUT2D eigenvalue weighted by Gasteiger charge is -2.25. The van der Waals surface area contributed by atoms with Crippen molar-refractivity contribution >= 4 is 40.6 Å². The lowest BCUT2D eigenvalue weighted by molar-refractivity contribution is -0.218. The molecule has 0 bridgehead atoms. The fourth-order valence-corrected chi connectivity index (χ4v) is 3.78. The van der Waals surface area contributed by atoms with Gasteiger partial charge in [-0.15, -0.1) is 0 Å². The molecule has 0 radical (unpaired) electrons. The van der Waals surface area contributed by atoms with Gasteiger partial charge < -0.3 is 18.9 Å². The average Bonchev–Trinajstić information content (AvgIpc) is 3.04. The predicted octanol–water partition coefficient (Wildman–Crippen LogP) is 4.78. The first-order valence-corrected chi connectivity index (χ1v) is 9.64. The molecular weight excluding hydrogens is 403 g/mol. The van der Waals surface area contributed by atoms with E-state index in [0.29, 0.717) is 22.0 Å². The normalized spacial score (nSPS) is 29.8. The molecule has 2 aliphatic rings. The SMILES string of the molecule is CCCC(=O)[C@H]1O[C@@H]2OC(C)(C)O[C@@H]2[C@H]1OCc1ccc(Cl)c(Cl)c1Cl. The van der Waals surface area contributed by atoms with E-state index in [0.717, 1.165) is 6.42 Å². The van der Waals surface area contributed by atoms with Crippen molar-refractivity contribution in [2.75, 3.05) is 0 Å². The summed E-state index contributed by atoms with van der Waals surface area (Å²) in [6, 6.07) is 3.39. The van der Waals surface area contributed by atoms with Gasteiger partial charge in [-0.2, -0.15) is 0 Å². The van der Waals surface area contributed by atoms with Gasteiger partial charge in [-0.1, -0.05) is 47.8 Å². The summed E-state index contributed by atoms with van der Waals surface area (Å²) < 4.78 is 23.5. The molecule has 0 saturated carbocycles. The van der Waals surface area contributed by atoms with Gasteiger partial charge in [0.1, 0.15) is 18.3 Å². The van der Waals surface area contributed by atoms with Crippen LogP contribution in [0.4, 0.5) is 0 Å². The number of benzene rings is 1. The summed E-state index contributed by atoms with van der Waals surface area (Å²) in [5.74, 6) is -0.825. The van der Waals surface area contributed by atoms with Crippen LogP contribution in [0.5, 0.6) is 0 Å². The van der Waals surface area contributed by atoms with Crippen molar-refractivity contribution in [3.05, 3.63) is 32.8 Å². The zero-order valence-corrected chi connectivity index (χ0v) is 17.0. The highest BCUT2D eigenvalue weighted by Gasteiger charge is 2.57. The van der Waals surface area contributed by atoms with Crippen molar-refractivity contribution in [3.63, 3.8) is 0 Å². The summed E-state index contributed by atoms with van der Waals surface area (Å²) in [6.07, 6.45) is -1.32. The number of hydrogen-bond donors (Lipinski definition) is 0. The number of hydrogen-bond acceptors (Lipinski definition) is 5. The third-order valence-corrected chi connectivity index (χ3v) is 5.68. The van der Waals surface area contributed by atoms with Crippen molar-refractivity contribution in [2.45, 2.75) is 70.6 Å². The maximum Gasteiger partial charge on any atom is 0.190 e. The van der Waals surface area contributed by atoms with E-state index in [9.17, 15) is 4.79 Å². The summed E-state index contributed by atoms with van der Waals surface area (Å²) in [5.41, 5.74) is 0.671. The van der Waals surface area contributed by atoms with Crippen LogP contribution in [-0.4, -0.2) is 36.2 Å². The number of rotatable bonds is 6. The largest absolute Gasteiger partial charge is 0.367 e. The first kappa shape index (κ1) is 20.3. The zero-order valence-electron chi connectivity index (χ0n) is 14.8. The van der Waals surface area contributed by atoms with Crippen LogP contribution < -0.4 is 0 Å². The summed E-state index contributed by atoms with van der Waals surface area (Å²) in [6.45, 7) is 5.68. The van der Waals surface area contributed by atoms with Gasteiger partial charge in [-0.3, -0.25) is 4.79 Å². The van der Waals surface area contributed by atoms with Gasteiger partial charge >= 0.3 is 0 Å². The maximum atomic E-state index is 12.4. The van der Waals surface area contributed by atoms with Crippen LogP contribution >= 0.6 is 34.8 Å². The van der Waals surface area contributed by atoms with Crippen LogP contribution in [-0.2, 0) is 30.3 Å². The Balaban J connectivity index is 1.77. The van der Waals surface area contributed by atoms with Crippen LogP contribution in [0.25, 0.3) is 0 Å². The Morgan fingerprint density at radius 3 is 2.62 bits per heavy atom. The van der Waals surface area contributed by atoms with Crippen molar-refractivity contribution in [2.24, 2.45) is 0 Å². The van der Waals surface area contributed by atoms with E-state index < -0.39 is 30.4 Å². The molecule has 0 aliphatic carbocycles. The molecule has 2 saturated heterocycles. The number of ketones is 1. The molecule has 3 rings (SSSR count). The second-order valence-corrected chi connectivity index (χ2v) is 8.01. The number of halogens is 3. The minimum Gasteiger partial charge on any atom is -0.367 e. The fourth-order valence-electron chi connectivity index (χ4n) is 3.17. The van der Waals surface area contributed by atoms with Crippen LogP contribution in [0.1, 0.15) is 39.2 Å². The fraction of sp³-hybridized carbons (Fsp3) is 0.611. The van der Waals surface area contributed by atoms with E-state index in [1.54, 1.807) is 26.0 Å². The van der Waals surface area contributed by atoms with Crippen LogP contribution in [0.15, 0.2) is 12.1 Å². The first-order chi connectivity index (χ1) is 12.2. The Kier molecular flexibility index (Phi) is 6.19. The maximum absolute atomic E-state index is 12.4. The Labute approximate surface area is 167 Å². The molecule has 8 heteroatoms. The molecule has 144 valence electrons. The number of carbonyl (C=O) groups is 1. The Bertz CT molecular complexity index is 694. The van der Waals surface area contributed by atoms with Crippen LogP contribution in [0.3, 0.4) is 0 Å². The molecule has 0 unspecified atom stereocenters. The lowest BCUT2D eigenvalue weighted by atomic mass is 10.0. The first-order valence-electron chi connectivity index (χ1n) is 8.51. The van der Waals surface area contributed by atoms with E-state index in [1.165, 1.54) is 0 Å². The standard InChI is InChI=1S/C18H21Cl3O5/c1-4-5-11(22)14-15(16-17(24-14)26-18(2,3)25-16)23-8-9-6-7-10(19)13(21)12(9)20/h6-7,14-17H,4-5,8H2,1-3H3/t14-,15+,16-,17-/m1/s1. The topological polar surface area (TPSA) is 54.0 Å². The molecule has 0 spiro atoms. The van der Waals surface area contributed by atoms with Gasteiger partial charge in [0, 0.05) is 6.42 Å². The third-order valence-electron chi connectivity index (χ3n) is 4.35. The van der Waals surface area contributed by atoms with Gasteiger partial charge in [0.2, 0.25) is 0 Å². The van der Waals surface area contributed by atoms with Gasteiger partial charge in [-0.25, -0.2) is 0 Å². The monoisotopic (exact) mass is 422 g/mol. The van der Waals surface area contributed by atoms with Gasteiger partial charge in [-0.05, 0) is 31.9 Å². The molecule has 1 aromatic rings. The highest BCUT2D eigenvalue weighted by Crippen LogP contribution is 2.40. The van der Waals surface area contributed by atoms with E-state index in [1.807, 2.05) is 6.92 Å². The second-order valence-electron chi connectivity index (χ2n) is 6.85. The number of Topliss-reactive ketones (excluding diaryl/α,β-unsaturated/α-hetero) is 1. The number of fused-ring (bicyclic) bond motifs is 1. The smallest absolute Gasteiger partial charge is 0.190 e. The van der Waals surface area contributed by atoms with Gasteiger partial charge in [0.25, 0.3) is 0 Å². The minimum absolute atomic E-state index is 0.0304. The summed E-state index contributed by atoms with van der Waals surface area (Å²) in [4.78, 5) is 12.4. The van der Waals surface area contributed by atoms with Crippen LogP contribution in [0.2, 0.25) is 15.1 Å². The Morgan fingerprint density at radius 1 is 1.19 bits per heavy atom. The van der Waals surface area contributed by atoms with E-state index in [2.05, 4.69) is 0 Å². The molecular formula is C18H21Cl3O5. The van der Waals surface area contributed by atoms with Crippen molar-refractivity contribution < 1.29 is 23.7 Å². The molecule has 2 aliphatic heterocycles. The van der Waals surface area contributed by atoms with E-state index >= 15 is 0 Å². The molecule has 0 aromatic heterocycles. The Hall–Kier alpha value is -0.400. The van der Waals surface area contributed by atoms with Crippen molar-refractivity contribution in [1.29, 1.82) is 0 Å². The highest BCUT2D eigenvalue weighted by molar-refractivity contribution is 6.48. The molecule has 4 atom stereocenters. The zero-order chi connectivity index (χ0) is 19.1.